The predicted molar refractivity (Wildman–Crippen MR) is 65.0 cm³/mol. The van der Waals surface area contributed by atoms with Gasteiger partial charge in [-0.1, -0.05) is 12.1 Å². The molecule has 0 N–H and O–H groups in total. The number of aromatic nitrogens is 1. The average Bonchev–Trinajstić information content (AvgIpc) is 2.58. The Balaban J connectivity index is 2.47. The van der Waals surface area contributed by atoms with Gasteiger partial charge in [-0.15, -0.1) is 11.3 Å². The van der Waals surface area contributed by atoms with Crippen LogP contribution in [0.25, 0.3) is 10.6 Å². The summed E-state index contributed by atoms with van der Waals surface area (Å²) in [5, 5.41) is 0.584. The molecule has 1 aromatic carbocycles. The van der Waals surface area contributed by atoms with Crippen molar-refractivity contribution in [1.29, 1.82) is 0 Å². The van der Waals surface area contributed by atoms with Crippen molar-refractivity contribution >= 4 is 27.3 Å². The number of nitrogens with zero attached hydrogens (tertiary/aromatic N) is 1. The molecule has 0 aliphatic heterocycles. The lowest BCUT2D eigenvalue weighted by Gasteiger charge is -2.07. The molecule has 0 saturated carbocycles. The van der Waals surface area contributed by atoms with Crippen LogP contribution in [-0.2, 0) is 6.18 Å². The van der Waals surface area contributed by atoms with Gasteiger partial charge in [-0.3, -0.25) is 0 Å². The Bertz CT molecular complexity index is 528. The summed E-state index contributed by atoms with van der Waals surface area (Å²) in [6, 6.07) is 5.19. The highest BCUT2D eigenvalue weighted by Gasteiger charge is 2.30. The average molecular weight is 322 g/mol. The van der Waals surface area contributed by atoms with Crippen molar-refractivity contribution in [3.8, 4) is 10.6 Å². The number of rotatable bonds is 1. The minimum Gasteiger partial charge on any atom is -0.229 e. The number of benzene rings is 1. The Morgan fingerprint density at radius 3 is 2.53 bits per heavy atom. The number of alkyl halides is 3. The fourth-order valence-corrected chi connectivity index (χ4v) is 2.67. The summed E-state index contributed by atoms with van der Waals surface area (Å²) >= 11 is 4.61. The Morgan fingerprint density at radius 1 is 1.29 bits per heavy atom. The summed E-state index contributed by atoms with van der Waals surface area (Å²) in [5.74, 6) is 0. The molecule has 0 radical (unpaired) electrons. The van der Waals surface area contributed by atoms with Gasteiger partial charge in [0.25, 0.3) is 0 Å². The van der Waals surface area contributed by atoms with E-state index in [9.17, 15) is 13.2 Å². The molecule has 0 aliphatic carbocycles. The summed E-state index contributed by atoms with van der Waals surface area (Å²) < 4.78 is 38.3. The molecule has 1 aromatic heterocycles. The van der Waals surface area contributed by atoms with Crippen molar-refractivity contribution in [2.24, 2.45) is 0 Å². The van der Waals surface area contributed by atoms with E-state index >= 15 is 0 Å². The highest BCUT2D eigenvalue weighted by molar-refractivity contribution is 9.10. The second-order valence-electron chi connectivity index (χ2n) is 3.44. The van der Waals surface area contributed by atoms with Gasteiger partial charge in [0.1, 0.15) is 9.61 Å². The van der Waals surface area contributed by atoms with Crippen LogP contribution in [0.1, 0.15) is 10.4 Å². The third-order valence-electron chi connectivity index (χ3n) is 2.18. The Labute approximate surface area is 108 Å². The maximum Gasteiger partial charge on any atom is 0.416 e. The molecule has 0 aliphatic rings. The number of halogens is 4. The molecule has 0 unspecified atom stereocenters. The first kappa shape index (κ1) is 12.6. The molecular formula is C11H7BrF3NS. The largest absolute Gasteiger partial charge is 0.416 e. The monoisotopic (exact) mass is 321 g/mol. The number of aryl methyl sites for hydroxylation is 1. The van der Waals surface area contributed by atoms with Crippen LogP contribution in [0.2, 0.25) is 0 Å². The fraction of sp³-hybridized carbons (Fsp3) is 0.182. The summed E-state index contributed by atoms with van der Waals surface area (Å²) in [6.07, 6.45) is -4.32. The minimum atomic E-state index is -4.32. The molecule has 2 aromatic rings. The van der Waals surface area contributed by atoms with Crippen molar-refractivity contribution in [3.63, 3.8) is 0 Å². The molecule has 1 heterocycles. The second-order valence-corrected chi connectivity index (χ2v) is 5.40. The molecular weight excluding hydrogens is 315 g/mol. The van der Waals surface area contributed by atoms with E-state index < -0.39 is 11.7 Å². The van der Waals surface area contributed by atoms with Crippen molar-refractivity contribution in [1.82, 2.24) is 4.98 Å². The summed E-state index contributed by atoms with van der Waals surface area (Å²) in [7, 11) is 0. The Hall–Kier alpha value is -0.880. The molecule has 0 amide bonds. The van der Waals surface area contributed by atoms with Crippen LogP contribution in [0.3, 0.4) is 0 Å². The first-order valence-electron chi connectivity index (χ1n) is 4.68. The molecule has 0 fully saturated rings. The van der Waals surface area contributed by atoms with Gasteiger partial charge in [0.15, 0.2) is 0 Å². The highest BCUT2D eigenvalue weighted by atomic mass is 79.9. The molecule has 90 valence electrons. The van der Waals surface area contributed by atoms with Gasteiger partial charge in [0.05, 0.1) is 5.56 Å². The van der Waals surface area contributed by atoms with Gasteiger partial charge in [0.2, 0.25) is 0 Å². The third-order valence-corrected chi connectivity index (χ3v) is 4.23. The maximum atomic E-state index is 12.5. The summed E-state index contributed by atoms with van der Waals surface area (Å²) in [4.78, 5) is 5.11. The van der Waals surface area contributed by atoms with Gasteiger partial charge in [-0.25, -0.2) is 4.98 Å². The smallest absolute Gasteiger partial charge is 0.229 e. The van der Waals surface area contributed by atoms with E-state index in [2.05, 4.69) is 20.9 Å². The van der Waals surface area contributed by atoms with Crippen LogP contribution in [0.4, 0.5) is 13.2 Å². The van der Waals surface area contributed by atoms with Gasteiger partial charge >= 0.3 is 6.18 Å². The van der Waals surface area contributed by atoms with E-state index in [-0.39, 0.29) is 0 Å². The molecule has 17 heavy (non-hydrogen) atoms. The first-order chi connectivity index (χ1) is 7.88. The number of hydrogen-bond acceptors (Lipinski definition) is 2. The van der Waals surface area contributed by atoms with E-state index in [1.54, 1.807) is 6.07 Å². The topological polar surface area (TPSA) is 12.9 Å². The van der Waals surface area contributed by atoms with Crippen molar-refractivity contribution < 1.29 is 13.2 Å². The minimum absolute atomic E-state index is 0.485. The zero-order valence-corrected chi connectivity index (χ0v) is 11.1. The Kier molecular flexibility index (Phi) is 3.27. The van der Waals surface area contributed by atoms with Crippen LogP contribution in [0.15, 0.2) is 28.9 Å². The van der Waals surface area contributed by atoms with Gasteiger partial charge < -0.3 is 0 Å². The maximum absolute atomic E-state index is 12.5. The summed E-state index contributed by atoms with van der Waals surface area (Å²) in [6.45, 7) is 1.86. The third kappa shape index (κ3) is 2.69. The van der Waals surface area contributed by atoms with Gasteiger partial charge in [-0.05, 0) is 35.0 Å². The normalized spacial score (nSPS) is 11.8. The van der Waals surface area contributed by atoms with E-state index in [1.807, 2.05) is 6.92 Å². The van der Waals surface area contributed by atoms with Crippen molar-refractivity contribution in [2.45, 2.75) is 13.1 Å². The second kappa shape index (κ2) is 4.42. The molecule has 0 spiro atoms. The molecule has 0 bridgehead atoms. The quantitative estimate of drug-likeness (QED) is 0.728. The lowest BCUT2D eigenvalue weighted by atomic mass is 10.1. The first-order valence-corrected chi connectivity index (χ1v) is 6.29. The van der Waals surface area contributed by atoms with E-state index in [1.165, 1.54) is 17.4 Å². The lowest BCUT2D eigenvalue weighted by Crippen LogP contribution is -2.04. The van der Waals surface area contributed by atoms with Crippen LogP contribution in [0, 0.1) is 6.92 Å². The van der Waals surface area contributed by atoms with Gasteiger partial charge in [-0.2, -0.15) is 13.2 Å². The van der Waals surface area contributed by atoms with Crippen molar-refractivity contribution in [3.05, 3.63) is 39.3 Å². The van der Waals surface area contributed by atoms with E-state index in [4.69, 9.17) is 0 Å². The lowest BCUT2D eigenvalue weighted by molar-refractivity contribution is -0.137. The van der Waals surface area contributed by atoms with Crippen LogP contribution >= 0.6 is 27.3 Å². The summed E-state index contributed by atoms with van der Waals surface area (Å²) in [5.41, 5.74) is -0.169. The van der Waals surface area contributed by atoms with Crippen LogP contribution in [-0.4, -0.2) is 4.98 Å². The number of thiazole rings is 1. The van der Waals surface area contributed by atoms with E-state index in [0.717, 1.165) is 17.0 Å². The highest BCUT2D eigenvalue weighted by Crippen LogP contribution is 2.34. The van der Waals surface area contributed by atoms with Crippen LogP contribution < -0.4 is 0 Å². The molecule has 0 atom stereocenters. The van der Waals surface area contributed by atoms with Crippen molar-refractivity contribution in [2.75, 3.05) is 0 Å². The molecule has 2 rings (SSSR count). The predicted octanol–water partition coefficient (Wildman–Crippen LogP) is 4.90. The van der Waals surface area contributed by atoms with Gasteiger partial charge in [0, 0.05) is 10.4 Å². The molecule has 6 heteroatoms. The Morgan fingerprint density at radius 2 is 2.00 bits per heavy atom. The number of hydrogen-bond donors (Lipinski definition) is 0. The SMILES string of the molecule is Cc1sc(-c2cccc(C(F)(F)F)c2)nc1Br. The molecule has 1 nitrogen and oxygen atoms in total. The van der Waals surface area contributed by atoms with E-state index in [0.29, 0.717) is 15.2 Å². The fourth-order valence-electron chi connectivity index (χ4n) is 1.33. The molecule has 0 saturated heterocycles. The zero-order valence-electron chi connectivity index (χ0n) is 8.68. The zero-order chi connectivity index (χ0) is 12.6. The van der Waals surface area contributed by atoms with Crippen LogP contribution in [0.5, 0.6) is 0 Å². The standard InChI is InChI=1S/C11H7BrF3NS/c1-6-9(12)16-10(17-6)7-3-2-4-8(5-7)11(13,14)15/h2-5H,1H3.